The molecule has 3 nitrogen and oxygen atoms in total. The zero-order valence-electron chi connectivity index (χ0n) is 14.3. The zero-order valence-corrected chi connectivity index (χ0v) is 16.0. The highest BCUT2D eigenvalue weighted by molar-refractivity contribution is 7.85. The summed E-state index contributed by atoms with van der Waals surface area (Å²) in [5.74, 6) is 0.401. The van der Waals surface area contributed by atoms with Crippen LogP contribution in [0.5, 0.6) is 0 Å². The molecule has 0 bridgehead atoms. The minimum atomic E-state index is -3.01. The van der Waals surface area contributed by atoms with Gasteiger partial charge in [0.25, 0.3) is 0 Å². The molecule has 0 spiro atoms. The van der Waals surface area contributed by atoms with Gasteiger partial charge < -0.3 is 5.32 Å². The summed E-state index contributed by atoms with van der Waals surface area (Å²) in [6.07, 6.45) is 0.780. The van der Waals surface area contributed by atoms with Gasteiger partial charge in [0.1, 0.15) is 5.28 Å². The van der Waals surface area contributed by atoms with Gasteiger partial charge in [-0.05, 0) is 55.7 Å². The fourth-order valence-corrected chi connectivity index (χ4v) is 7.76. The summed E-state index contributed by atoms with van der Waals surface area (Å²) in [5.41, 5.74) is 0.870. The molecule has 24 heavy (non-hydrogen) atoms. The van der Waals surface area contributed by atoms with Crippen molar-refractivity contribution < 1.29 is 4.57 Å². The highest BCUT2D eigenvalue weighted by atomic mass is 32.1. The second kappa shape index (κ2) is 6.34. The lowest BCUT2D eigenvalue weighted by atomic mass is 10.0. The molecule has 2 atom stereocenters. The highest BCUT2D eigenvalue weighted by Gasteiger charge is 2.57. The summed E-state index contributed by atoms with van der Waals surface area (Å²) in [6.45, 7) is 6.34. The molecule has 0 radical (unpaired) electrons. The number of anilines is 1. The first-order valence-electron chi connectivity index (χ1n) is 8.22. The summed E-state index contributed by atoms with van der Waals surface area (Å²) < 4.78 is 16.4. The molecule has 2 aromatic carbocycles. The number of nitrogens with one attached hydrogen (secondary N) is 1. The third kappa shape index (κ3) is 2.68. The van der Waals surface area contributed by atoms with Crippen LogP contribution in [-0.2, 0) is 4.57 Å². The van der Waals surface area contributed by atoms with E-state index >= 15 is 0 Å². The Morgan fingerprint density at radius 1 is 1.08 bits per heavy atom. The van der Waals surface area contributed by atoms with Gasteiger partial charge in [0, 0.05) is 5.30 Å². The third-order valence-electron chi connectivity index (χ3n) is 4.43. The van der Waals surface area contributed by atoms with Gasteiger partial charge in [-0.2, -0.15) is 0 Å². The van der Waals surface area contributed by atoms with Gasteiger partial charge in [0.15, 0.2) is 5.11 Å². The van der Waals surface area contributed by atoms with Crippen LogP contribution in [0, 0.1) is 5.92 Å². The quantitative estimate of drug-likeness (QED) is 0.632. The van der Waals surface area contributed by atoms with Crippen LogP contribution in [0.4, 0.5) is 5.69 Å². The Hall–Kier alpha value is -1.64. The standard InChI is InChI=1S/C19H23N2OPS/c1-15(2)14-19(3)20-18(24)21(16-10-6-4-7-11-16)23(19,22)17-12-8-5-9-13-17/h4-13,15H,14H2,1-3H3,(H,20,24)/t19-,23-/m1/s1. The molecule has 0 saturated carbocycles. The number of nitrogens with zero attached hydrogens (tertiary/aromatic N) is 1. The average Bonchev–Trinajstić information content (AvgIpc) is 2.75. The van der Waals surface area contributed by atoms with Gasteiger partial charge >= 0.3 is 0 Å². The van der Waals surface area contributed by atoms with Gasteiger partial charge in [0.05, 0.1) is 5.69 Å². The molecule has 1 fully saturated rings. The lowest BCUT2D eigenvalue weighted by molar-refractivity contribution is 0.435. The zero-order chi connectivity index (χ0) is 17.4. The lowest BCUT2D eigenvalue weighted by Gasteiger charge is -2.35. The Morgan fingerprint density at radius 2 is 1.62 bits per heavy atom. The Balaban J connectivity index is 2.22. The first-order chi connectivity index (χ1) is 11.4. The molecule has 1 aliphatic heterocycles. The molecule has 0 unspecified atom stereocenters. The Kier molecular flexibility index (Phi) is 4.54. The highest BCUT2D eigenvalue weighted by Crippen LogP contribution is 2.65. The SMILES string of the molecule is CC(C)C[C@]1(C)NC(=S)N(c2ccccc2)[P@@]1(=O)c1ccccc1. The van der Waals surface area contributed by atoms with Crippen LogP contribution >= 0.6 is 19.5 Å². The van der Waals surface area contributed by atoms with E-state index < -0.39 is 12.6 Å². The van der Waals surface area contributed by atoms with E-state index in [-0.39, 0.29) is 0 Å². The molecular formula is C19H23N2OPS. The van der Waals surface area contributed by atoms with E-state index in [1.807, 2.05) is 72.3 Å². The van der Waals surface area contributed by atoms with Crippen molar-refractivity contribution >= 4 is 35.6 Å². The van der Waals surface area contributed by atoms with Gasteiger partial charge in [-0.25, -0.2) is 0 Å². The smallest absolute Gasteiger partial charge is 0.231 e. The topological polar surface area (TPSA) is 32.3 Å². The first kappa shape index (κ1) is 17.2. The van der Waals surface area contributed by atoms with Crippen LogP contribution in [0.1, 0.15) is 27.2 Å². The summed E-state index contributed by atoms with van der Waals surface area (Å²) in [6, 6.07) is 19.5. The molecule has 2 aromatic rings. The Morgan fingerprint density at radius 3 is 2.17 bits per heavy atom. The minimum Gasteiger partial charge on any atom is -0.348 e. The van der Waals surface area contributed by atoms with Crippen molar-refractivity contribution in [1.82, 2.24) is 5.32 Å². The van der Waals surface area contributed by atoms with E-state index in [4.69, 9.17) is 12.2 Å². The molecule has 126 valence electrons. The molecule has 0 aromatic heterocycles. The Labute approximate surface area is 149 Å². The number of benzene rings is 2. The summed E-state index contributed by atoms with van der Waals surface area (Å²) in [4.78, 5) is 0. The second-order valence-corrected chi connectivity index (χ2v) is 10.3. The van der Waals surface area contributed by atoms with Crippen LogP contribution in [0.2, 0.25) is 0 Å². The number of hydrogen-bond acceptors (Lipinski definition) is 2. The van der Waals surface area contributed by atoms with E-state index in [9.17, 15) is 4.57 Å². The van der Waals surface area contributed by atoms with Gasteiger partial charge in [-0.3, -0.25) is 9.24 Å². The van der Waals surface area contributed by atoms with Gasteiger partial charge in [-0.15, -0.1) is 0 Å². The molecule has 1 heterocycles. The average molecular weight is 358 g/mol. The van der Waals surface area contributed by atoms with E-state index in [2.05, 4.69) is 19.2 Å². The Bertz CT molecular complexity index is 778. The van der Waals surface area contributed by atoms with Crippen molar-refractivity contribution in [3.8, 4) is 0 Å². The molecule has 3 rings (SSSR count). The van der Waals surface area contributed by atoms with Crippen molar-refractivity contribution in [3.05, 3.63) is 60.7 Å². The van der Waals surface area contributed by atoms with Crippen LogP contribution in [-0.4, -0.2) is 10.4 Å². The largest absolute Gasteiger partial charge is 0.348 e. The van der Waals surface area contributed by atoms with Crippen LogP contribution in [0.25, 0.3) is 0 Å². The van der Waals surface area contributed by atoms with Crippen molar-refractivity contribution in [1.29, 1.82) is 0 Å². The van der Waals surface area contributed by atoms with Crippen molar-refractivity contribution in [2.24, 2.45) is 5.92 Å². The van der Waals surface area contributed by atoms with Crippen LogP contribution in [0.15, 0.2) is 60.7 Å². The number of rotatable bonds is 4. The predicted octanol–water partition coefficient (Wildman–Crippen LogP) is 4.75. The summed E-state index contributed by atoms with van der Waals surface area (Å²) in [5, 5.41) is 4.18. The maximum atomic E-state index is 14.5. The molecule has 1 N–H and O–H groups in total. The van der Waals surface area contributed by atoms with Crippen molar-refractivity contribution in [2.45, 2.75) is 32.5 Å². The predicted molar refractivity (Wildman–Crippen MR) is 106 cm³/mol. The summed E-state index contributed by atoms with van der Waals surface area (Å²) in [7, 11) is -3.01. The lowest BCUT2D eigenvalue weighted by Crippen LogP contribution is -2.40. The number of thiocarbonyl (C=S) groups is 1. The fourth-order valence-electron chi connectivity index (χ4n) is 3.56. The molecule has 0 aliphatic carbocycles. The third-order valence-corrected chi connectivity index (χ3v) is 8.48. The normalized spacial score (nSPS) is 26.7. The van der Waals surface area contributed by atoms with Gasteiger partial charge in [0.2, 0.25) is 7.29 Å². The molecule has 1 saturated heterocycles. The summed E-state index contributed by atoms with van der Waals surface area (Å²) >= 11 is 5.62. The van der Waals surface area contributed by atoms with E-state index in [0.29, 0.717) is 11.0 Å². The van der Waals surface area contributed by atoms with E-state index in [1.54, 1.807) is 0 Å². The minimum absolute atomic E-state index is 0.401. The molecule has 1 aliphatic rings. The molecular weight excluding hydrogens is 335 g/mol. The van der Waals surface area contributed by atoms with E-state index in [0.717, 1.165) is 17.4 Å². The number of para-hydroxylation sites is 1. The first-order valence-corrected chi connectivity index (χ1v) is 10.3. The van der Waals surface area contributed by atoms with Gasteiger partial charge in [-0.1, -0.05) is 50.2 Å². The maximum absolute atomic E-state index is 14.5. The second-order valence-electron chi connectivity index (χ2n) is 6.86. The van der Waals surface area contributed by atoms with E-state index in [1.165, 1.54) is 0 Å². The molecule has 0 amide bonds. The van der Waals surface area contributed by atoms with Crippen LogP contribution in [0.3, 0.4) is 0 Å². The van der Waals surface area contributed by atoms with Crippen LogP contribution < -0.4 is 15.3 Å². The maximum Gasteiger partial charge on any atom is 0.231 e. The molecule has 5 heteroatoms. The van der Waals surface area contributed by atoms with Crippen molar-refractivity contribution in [2.75, 3.05) is 4.67 Å². The monoisotopic (exact) mass is 358 g/mol. The number of hydrogen-bond donors (Lipinski definition) is 1. The van der Waals surface area contributed by atoms with Crippen molar-refractivity contribution in [3.63, 3.8) is 0 Å². The fraction of sp³-hybridized carbons (Fsp3) is 0.316.